The second kappa shape index (κ2) is 17.1. The van der Waals surface area contributed by atoms with E-state index in [1.54, 1.807) is 37.3 Å². The second-order valence-corrected chi connectivity index (χ2v) is 12.1. The number of rotatable bonds is 16. The molecular formula is C29H39F3N5O7P. The average molecular weight is 658 g/mol. The molecule has 1 aliphatic rings. The zero-order valence-electron chi connectivity index (χ0n) is 25.8. The van der Waals surface area contributed by atoms with E-state index in [1.807, 2.05) is 27.7 Å². The SMILES string of the molecule is [C-]#[N+]CCOP(OC[C@H]1O[C@@H](n2ccc(NC(=O)c3ccccc3)nc2=O)[C@H](OCCOC(F)(F)F)[C@@H]1C)N(C(C)C)C(C)C. The van der Waals surface area contributed by atoms with Crippen molar-refractivity contribution in [3.05, 3.63) is 70.1 Å². The van der Waals surface area contributed by atoms with Crippen molar-refractivity contribution < 1.29 is 41.2 Å². The maximum absolute atomic E-state index is 13.1. The standard InChI is InChI=1S/C29H39F3N5O7P/c1-19(2)37(20(3)4)45(42-15-13-33-6)43-18-23-21(5)25(40-16-17-41-29(30,31)32)27(44-23)36-14-12-24(35-28(36)39)34-26(38)22-10-8-7-9-11-22/h7-12,14,19-21,23,25,27H,13,15-18H2,1-5H3,(H,34,35,38,39)/t21-,23-,25-,27-,45?/m1/s1. The maximum Gasteiger partial charge on any atom is 0.522 e. The van der Waals surface area contributed by atoms with E-state index in [9.17, 15) is 22.8 Å². The fraction of sp³-hybridized carbons (Fsp3) is 0.586. The summed E-state index contributed by atoms with van der Waals surface area (Å²) in [6.45, 7) is 16.0. The molecule has 2 aromatic rings. The van der Waals surface area contributed by atoms with Crippen LogP contribution in [-0.4, -0.2) is 83.8 Å². The molecule has 12 nitrogen and oxygen atoms in total. The van der Waals surface area contributed by atoms with Crippen LogP contribution in [0.25, 0.3) is 4.85 Å². The fourth-order valence-electron chi connectivity index (χ4n) is 4.74. The molecule has 45 heavy (non-hydrogen) atoms. The number of aromatic nitrogens is 2. The number of hydrogen-bond donors (Lipinski definition) is 1. The third-order valence-corrected chi connectivity index (χ3v) is 8.82. The summed E-state index contributed by atoms with van der Waals surface area (Å²) in [5.74, 6) is -0.894. The van der Waals surface area contributed by atoms with Gasteiger partial charge in [0.2, 0.25) is 6.54 Å². The highest BCUT2D eigenvalue weighted by Crippen LogP contribution is 2.47. The summed E-state index contributed by atoms with van der Waals surface area (Å²) >= 11 is 0. The molecule has 0 aliphatic carbocycles. The summed E-state index contributed by atoms with van der Waals surface area (Å²) < 4.78 is 68.9. The molecule has 1 unspecified atom stereocenters. The molecule has 1 aliphatic heterocycles. The third-order valence-electron chi connectivity index (χ3n) is 6.74. The zero-order valence-corrected chi connectivity index (χ0v) is 26.7. The van der Waals surface area contributed by atoms with Gasteiger partial charge in [0.25, 0.3) is 14.4 Å². The van der Waals surface area contributed by atoms with Crippen molar-refractivity contribution in [3.63, 3.8) is 0 Å². The van der Waals surface area contributed by atoms with E-state index >= 15 is 0 Å². The number of hydrogen-bond acceptors (Lipinski definition) is 9. The molecule has 5 atom stereocenters. The van der Waals surface area contributed by atoms with E-state index in [0.717, 1.165) is 4.57 Å². The first-order chi connectivity index (χ1) is 21.3. The molecule has 1 saturated heterocycles. The fourth-order valence-corrected chi connectivity index (χ4v) is 6.35. The van der Waals surface area contributed by atoms with E-state index in [2.05, 4.69) is 24.6 Å². The van der Waals surface area contributed by atoms with Crippen LogP contribution in [0.2, 0.25) is 0 Å². The molecule has 0 spiro atoms. The number of nitrogens with one attached hydrogen (secondary N) is 1. The molecule has 1 fully saturated rings. The van der Waals surface area contributed by atoms with Gasteiger partial charge in [-0.15, -0.1) is 13.2 Å². The summed E-state index contributed by atoms with van der Waals surface area (Å²) in [7, 11) is -1.59. The maximum atomic E-state index is 13.1. The third kappa shape index (κ3) is 10.8. The summed E-state index contributed by atoms with van der Waals surface area (Å²) in [6.07, 6.45) is -6.04. The summed E-state index contributed by atoms with van der Waals surface area (Å²) in [6, 6.07) is 9.93. The topological polar surface area (TPSA) is 118 Å². The number of ether oxygens (including phenoxy) is 3. The first kappa shape index (κ1) is 36.5. The van der Waals surface area contributed by atoms with Gasteiger partial charge in [0, 0.05) is 29.8 Å². The minimum atomic E-state index is -4.82. The molecule has 1 amide bonds. The Labute approximate surface area is 261 Å². The predicted molar refractivity (Wildman–Crippen MR) is 160 cm³/mol. The van der Waals surface area contributed by atoms with Crippen LogP contribution in [0.4, 0.5) is 19.0 Å². The Balaban J connectivity index is 1.80. The van der Waals surface area contributed by atoms with Crippen LogP contribution in [0, 0.1) is 12.5 Å². The molecule has 16 heteroatoms. The van der Waals surface area contributed by atoms with Gasteiger partial charge >= 0.3 is 12.1 Å². The van der Waals surface area contributed by atoms with Crippen LogP contribution in [0.5, 0.6) is 0 Å². The predicted octanol–water partition coefficient (Wildman–Crippen LogP) is 5.25. The first-order valence-corrected chi connectivity index (χ1v) is 15.6. The van der Waals surface area contributed by atoms with Crippen LogP contribution in [0.1, 0.15) is 51.2 Å². The Hall–Kier alpha value is -2.96. The molecule has 1 aromatic carbocycles. The van der Waals surface area contributed by atoms with Gasteiger partial charge in [-0.25, -0.2) is 16.0 Å². The number of halogens is 3. The van der Waals surface area contributed by atoms with Crippen LogP contribution in [-0.2, 0) is 23.3 Å². The summed E-state index contributed by atoms with van der Waals surface area (Å²) in [5.41, 5.74) is -0.393. The number of carbonyl (C=O) groups excluding carboxylic acids is 1. The smallest absolute Gasteiger partial charge is 0.371 e. The van der Waals surface area contributed by atoms with E-state index in [1.165, 1.54) is 12.3 Å². The van der Waals surface area contributed by atoms with Crippen molar-refractivity contribution in [2.45, 2.75) is 71.5 Å². The highest BCUT2D eigenvalue weighted by atomic mass is 31.2. The van der Waals surface area contributed by atoms with Gasteiger partial charge in [0.05, 0.1) is 25.9 Å². The first-order valence-electron chi connectivity index (χ1n) is 14.4. The molecule has 0 bridgehead atoms. The van der Waals surface area contributed by atoms with Crippen molar-refractivity contribution in [1.82, 2.24) is 14.2 Å². The van der Waals surface area contributed by atoms with Crippen LogP contribution in [0.15, 0.2) is 47.4 Å². The monoisotopic (exact) mass is 657 g/mol. The van der Waals surface area contributed by atoms with E-state index in [0.29, 0.717) is 5.56 Å². The van der Waals surface area contributed by atoms with Crippen molar-refractivity contribution in [2.75, 3.05) is 38.3 Å². The second-order valence-electron chi connectivity index (χ2n) is 10.7. The number of alkyl halides is 3. The van der Waals surface area contributed by atoms with Gasteiger partial charge in [-0.3, -0.25) is 14.1 Å². The number of benzene rings is 1. The lowest BCUT2D eigenvalue weighted by atomic mass is 10.0. The lowest BCUT2D eigenvalue weighted by Gasteiger charge is -2.36. The van der Waals surface area contributed by atoms with Gasteiger partial charge < -0.3 is 28.7 Å². The number of amides is 1. The van der Waals surface area contributed by atoms with Crippen molar-refractivity contribution >= 4 is 20.3 Å². The average Bonchev–Trinajstić information content (AvgIpc) is 3.28. The minimum absolute atomic E-state index is 0.0109. The number of nitrogens with zero attached hydrogens (tertiary/aromatic N) is 4. The van der Waals surface area contributed by atoms with E-state index in [-0.39, 0.29) is 37.7 Å². The zero-order chi connectivity index (χ0) is 33.1. The molecule has 248 valence electrons. The van der Waals surface area contributed by atoms with Crippen molar-refractivity contribution in [2.24, 2.45) is 5.92 Å². The van der Waals surface area contributed by atoms with Gasteiger partial charge in [0.15, 0.2) is 6.23 Å². The van der Waals surface area contributed by atoms with Gasteiger partial charge in [-0.2, -0.15) is 4.98 Å². The van der Waals surface area contributed by atoms with Crippen molar-refractivity contribution in [3.8, 4) is 0 Å². The number of anilines is 1. The Morgan fingerprint density at radius 1 is 1.13 bits per heavy atom. The Morgan fingerprint density at radius 2 is 1.82 bits per heavy atom. The number of carbonyl (C=O) groups is 1. The van der Waals surface area contributed by atoms with Crippen molar-refractivity contribution in [1.29, 1.82) is 0 Å². The molecular weight excluding hydrogens is 618 g/mol. The molecule has 0 saturated carbocycles. The molecule has 1 aromatic heterocycles. The largest absolute Gasteiger partial charge is 0.522 e. The molecule has 0 radical (unpaired) electrons. The Kier molecular flexibility index (Phi) is 13.9. The van der Waals surface area contributed by atoms with Crippen LogP contribution >= 0.6 is 8.53 Å². The normalized spacial score (nSPS) is 20.9. The molecule has 1 N–H and O–H groups in total. The van der Waals surface area contributed by atoms with Crippen LogP contribution in [0.3, 0.4) is 0 Å². The van der Waals surface area contributed by atoms with Crippen LogP contribution < -0.4 is 11.0 Å². The Morgan fingerprint density at radius 3 is 2.42 bits per heavy atom. The van der Waals surface area contributed by atoms with Gasteiger partial charge in [-0.1, -0.05) is 25.1 Å². The lowest BCUT2D eigenvalue weighted by Crippen LogP contribution is -2.36. The Bertz CT molecular complexity index is 1320. The summed E-state index contributed by atoms with van der Waals surface area (Å²) in [4.78, 5) is 33.0. The van der Waals surface area contributed by atoms with E-state index in [4.69, 9.17) is 25.1 Å². The quantitative estimate of drug-likeness (QED) is 0.147. The molecule has 3 rings (SSSR count). The van der Waals surface area contributed by atoms with Gasteiger partial charge in [0.1, 0.15) is 18.5 Å². The minimum Gasteiger partial charge on any atom is -0.371 e. The highest BCUT2D eigenvalue weighted by Gasteiger charge is 2.45. The molecule has 2 heterocycles. The van der Waals surface area contributed by atoms with Gasteiger partial charge in [-0.05, 0) is 45.9 Å². The van der Waals surface area contributed by atoms with E-state index < -0.39 is 64.1 Å². The highest BCUT2D eigenvalue weighted by molar-refractivity contribution is 7.44. The summed E-state index contributed by atoms with van der Waals surface area (Å²) in [5, 5.41) is 2.57. The lowest BCUT2D eigenvalue weighted by molar-refractivity contribution is -0.328.